The molecule has 0 bridgehead atoms. The molecular formula is C16H13ClN2. The molecule has 0 radical (unpaired) electrons. The molecule has 0 aliphatic carbocycles. The molecule has 0 saturated heterocycles. The first-order chi connectivity index (χ1) is 9.27. The smallest absolute Gasteiger partial charge is 0.0747 e. The number of aromatic nitrogens is 1. The van der Waals surface area contributed by atoms with Crippen LogP contribution in [-0.4, -0.2) is 4.98 Å². The van der Waals surface area contributed by atoms with Gasteiger partial charge in [0.05, 0.1) is 11.7 Å². The lowest BCUT2D eigenvalue weighted by molar-refractivity contribution is 0.840. The zero-order valence-electron chi connectivity index (χ0n) is 10.3. The Balaban J connectivity index is 2.17. The summed E-state index contributed by atoms with van der Waals surface area (Å²) in [7, 11) is 0. The van der Waals surface area contributed by atoms with E-state index >= 15 is 0 Å². The molecule has 0 spiro atoms. The largest absolute Gasteiger partial charge is 0.319 e. The lowest BCUT2D eigenvalue weighted by Crippen LogP contribution is -2.14. The van der Waals surface area contributed by atoms with Crippen LogP contribution < -0.4 is 5.73 Å². The average molecular weight is 269 g/mol. The van der Waals surface area contributed by atoms with Crippen LogP contribution in [0.5, 0.6) is 0 Å². The van der Waals surface area contributed by atoms with Gasteiger partial charge in [0.25, 0.3) is 0 Å². The minimum Gasteiger partial charge on any atom is -0.319 e. The third kappa shape index (κ3) is 2.21. The summed E-state index contributed by atoms with van der Waals surface area (Å²) in [5, 5.41) is 2.87. The summed E-state index contributed by atoms with van der Waals surface area (Å²) in [6, 6.07) is 17.4. The molecule has 94 valence electrons. The third-order valence-corrected chi connectivity index (χ3v) is 3.58. The normalized spacial score (nSPS) is 12.5. The van der Waals surface area contributed by atoms with E-state index in [4.69, 9.17) is 17.3 Å². The van der Waals surface area contributed by atoms with Gasteiger partial charge in [0.1, 0.15) is 0 Å². The van der Waals surface area contributed by atoms with Gasteiger partial charge in [0.2, 0.25) is 0 Å². The first-order valence-electron chi connectivity index (χ1n) is 6.11. The predicted octanol–water partition coefficient (Wildman–Crippen LogP) is 3.94. The third-order valence-electron chi connectivity index (χ3n) is 3.24. The molecule has 1 heterocycles. The van der Waals surface area contributed by atoms with E-state index in [9.17, 15) is 0 Å². The second kappa shape index (κ2) is 5.00. The fourth-order valence-electron chi connectivity index (χ4n) is 2.27. The molecular weight excluding hydrogens is 256 g/mol. The fraction of sp³-hybridized carbons (Fsp3) is 0.0625. The molecule has 0 fully saturated rings. The van der Waals surface area contributed by atoms with Crippen LogP contribution in [0.2, 0.25) is 5.02 Å². The van der Waals surface area contributed by atoms with E-state index in [0.29, 0.717) is 5.02 Å². The van der Waals surface area contributed by atoms with Crippen LogP contribution in [0.25, 0.3) is 10.8 Å². The molecule has 19 heavy (non-hydrogen) atoms. The molecule has 1 aromatic heterocycles. The highest BCUT2D eigenvalue weighted by atomic mass is 35.5. The van der Waals surface area contributed by atoms with Crippen LogP contribution in [0, 0.1) is 0 Å². The number of hydrogen-bond donors (Lipinski definition) is 1. The van der Waals surface area contributed by atoms with E-state index in [2.05, 4.69) is 11.1 Å². The van der Waals surface area contributed by atoms with Gasteiger partial charge in [0.15, 0.2) is 0 Å². The zero-order valence-corrected chi connectivity index (χ0v) is 11.0. The van der Waals surface area contributed by atoms with Gasteiger partial charge in [-0.3, -0.25) is 4.98 Å². The number of fused-ring (bicyclic) bond motifs is 1. The Bertz CT molecular complexity index is 719. The highest BCUT2D eigenvalue weighted by Gasteiger charge is 2.15. The highest BCUT2D eigenvalue weighted by Crippen LogP contribution is 2.29. The van der Waals surface area contributed by atoms with E-state index in [-0.39, 0.29) is 6.04 Å². The maximum atomic E-state index is 6.34. The maximum Gasteiger partial charge on any atom is 0.0747 e. The molecule has 1 atom stereocenters. The summed E-state index contributed by atoms with van der Waals surface area (Å²) in [5.41, 5.74) is 8.09. The summed E-state index contributed by atoms with van der Waals surface area (Å²) < 4.78 is 0. The van der Waals surface area contributed by atoms with Crippen molar-refractivity contribution in [3.8, 4) is 0 Å². The Labute approximate surface area is 116 Å². The van der Waals surface area contributed by atoms with Gasteiger partial charge in [-0.05, 0) is 23.1 Å². The van der Waals surface area contributed by atoms with Gasteiger partial charge in [-0.2, -0.15) is 0 Å². The van der Waals surface area contributed by atoms with Gasteiger partial charge in [0, 0.05) is 16.6 Å². The number of nitrogens with two attached hydrogens (primary N) is 1. The lowest BCUT2D eigenvalue weighted by atomic mass is 9.99. The predicted molar refractivity (Wildman–Crippen MR) is 79.2 cm³/mol. The number of halogens is 1. The van der Waals surface area contributed by atoms with Crippen molar-refractivity contribution in [1.29, 1.82) is 0 Å². The van der Waals surface area contributed by atoms with Gasteiger partial charge >= 0.3 is 0 Å². The first-order valence-corrected chi connectivity index (χ1v) is 6.49. The molecule has 1 unspecified atom stereocenters. The topological polar surface area (TPSA) is 38.9 Å². The van der Waals surface area contributed by atoms with Crippen molar-refractivity contribution < 1.29 is 0 Å². The summed E-state index contributed by atoms with van der Waals surface area (Å²) in [5.74, 6) is 0. The molecule has 3 aromatic rings. The Hall–Kier alpha value is -1.90. The second-order valence-electron chi connectivity index (χ2n) is 4.42. The fourth-order valence-corrected chi connectivity index (χ4v) is 2.52. The van der Waals surface area contributed by atoms with Crippen LogP contribution in [0.3, 0.4) is 0 Å². The Morgan fingerprint density at radius 1 is 0.947 bits per heavy atom. The molecule has 0 saturated carbocycles. The Morgan fingerprint density at radius 2 is 1.68 bits per heavy atom. The van der Waals surface area contributed by atoms with Crippen LogP contribution >= 0.6 is 11.6 Å². The summed E-state index contributed by atoms with van der Waals surface area (Å²) in [6.07, 6.45) is 1.79. The van der Waals surface area contributed by atoms with Crippen molar-refractivity contribution in [3.05, 3.63) is 77.1 Å². The van der Waals surface area contributed by atoms with Gasteiger partial charge < -0.3 is 5.73 Å². The van der Waals surface area contributed by atoms with E-state index in [1.165, 1.54) is 0 Å². The van der Waals surface area contributed by atoms with E-state index < -0.39 is 0 Å². The molecule has 0 aliphatic heterocycles. The first kappa shape index (κ1) is 12.2. The maximum absolute atomic E-state index is 6.34. The molecule has 2 N–H and O–H groups in total. The Kier molecular flexibility index (Phi) is 3.20. The van der Waals surface area contributed by atoms with Gasteiger partial charge in [-0.1, -0.05) is 54.1 Å². The van der Waals surface area contributed by atoms with E-state index in [1.54, 1.807) is 6.20 Å². The van der Waals surface area contributed by atoms with Crippen molar-refractivity contribution in [1.82, 2.24) is 4.98 Å². The van der Waals surface area contributed by atoms with Crippen LogP contribution in [-0.2, 0) is 0 Å². The number of nitrogens with zero attached hydrogens (tertiary/aromatic N) is 1. The SMILES string of the molecule is NC(c1ccccc1Cl)c1nccc2ccccc12. The molecule has 2 aromatic carbocycles. The average Bonchev–Trinajstić information content (AvgIpc) is 2.46. The van der Waals surface area contributed by atoms with Crippen molar-refractivity contribution in [2.45, 2.75) is 6.04 Å². The van der Waals surface area contributed by atoms with Crippen molar-refractivity contribution in [2.24, 2.45) is 5.73 Å². The molecule has 0 amide bonds. The Morgan fingerprint density at radius 3 is 2.53 bits per heavy atom. The number of pyridine rings is 1. The summed E-state index contributed by atoms with van der Waals surface area (Å²) in [4.78, 5) is 4.44. The van der Waals surface area contributed by atoms with E-state index in [0.717, 1.165) is 22.0 Å². The summed E-state index contributed by atoms with van der Waals surface area (Å²) in [6.45, 7) is 0. The number of hydrogen-bond acceptors (Lipinski definition) is 2. The van der Waals surface area contributed by atoms with Crippen molar-refractivity contribution >= 4 is 22.4 Å². The second-order valence-corrected chi connectivity index (χ2v) is 4.82. The number of benzene rings is 2. The zero-order chi connectivity index (χ0) is 13.2. The number of rotatable bonds is 2. The minimum absolute atomic E-state index is 0.320. The minimum atomic E-state index is -0.320. The van der Waals surface area contributed by atoms with E-state index in [1.807, 2.05) is 48.5 Å². The van der Waals surface area contributed by atoms with Gasteiger partial charge in [-0.15, -0.1) is 0 Å². The summed E-state index contributed by atoms with van der Waals surface area (Å²) >= 11 is 6.21. The molecule has 0 aliphatic rings. The quantitative estimate of drug-likeness (QED) is 0.765. The van der Waals surface area contributed by atoms with Crippen molar-refractivity contribution in [2.75, 3.05) is 0 Å². The standard InChI is InChI=1S/C16H13ClN2/c17-14-8-4-3-7-13(14)15(18)16-12-6-2-1-5-11(12)9-10-19-16/h1-10,15H,18H2. The lowest BCUT2D eigenvalue weighted by Gasteiger charge is -2.15. The molecule has 3 rings (SSSR count). The van der Waals surface area contributed by atoms with Crippen LogP contribution in [0.1, 0.15) is 17.3 Å². The monoisotopic (exact) mass is 268 g/mol. The van der Waals surface area contributed by atoms with Crippen LogP contribution in [0.15, 0.2) is 60.8 Å². The highest BCUT2D eigenvalue weighted by molar-refractivity contribution is 6.31. The van der Waals surface area contributed by atoms with Gasteiger partial charge in [-0.25, -0.2) is 0 Å². The van der Waals surface area contributed by atoms with Crippen molar-refractivity contribution in [3.63, 3.8) is 0 Å². The molecule has 3 heteroatoms. The molecule has 2 nitrogen and oxygen atoms in total. The van der Waals surface area contributed by atoms with Crippen LogP contribution in [0.4, 0.5) is 0 Å².